The van der Waals surface area contributed by atoms with Crippen molar-refractivity contribution in [3.63, 3.8) is 0 Å². The summed E-state index contributed by atoms with van der Waals surface area (Å²) >= 11 is 0. The van der Waals surface area contributed by atoms with Crippen LogP contribution < -0.4 is 5.56 Å². The van der Waals surface area contributed by atoms with E-state index in [4.69, 9.17) is 0 Å². The molecule has 0 aromatic carbocycles. The van der Waals surface area contributed by atoms with Crippen LogP contribution in [0.1, 0.15) is 23.3 Å². The Morgan fingerprint density at radius 1 is 1.26 bits per heavy atom. The quantitative estimate of drug-likeness (QED) is 0.762. The molecule has 0 saturated carbocycles. The molecule has 0 bridgehead atoms. The van der Waals surface area contributed by atoms with E-state index >= 15 is 0 Å². The number of H-pyrrole nitrogens is 1. The maximum Gasteiger partial charge on any atom is 0.270 e. The number of piperazine rings is 1. The van der Waals surface area contributed by atoms with Gasteiger partial charge in [-0.15, -0.1) is 0 Å². The number of pyridine rings is 1. The molecule has 6 heteroatoms. The number of fused-ring (bicyclic) bond motifs is 1. The average molecular weight is 261 g/mol. The number of carbonyl (C=O) groups is 2. The fourth-order valence-electron chi connectivity index (χ4n) is 2.79. The van der Waals surface area contributed by atoms with Crippen LogP contribution in [-0.4, -0.2) is 52.3 Å². The number of hydrogen-bond donors (Lipinski definition) is 1. The molecule has 6 nitrogen and oxygen atoms in total. The van der Waals surface area contributed by atoms with E-state index in [1.807, 2.05) is 4.90 Å². The minimum atomic E-state index is -0.277. The monoisotopic (exact) mass is 261 g/mol. The van der Waals surface area contributed by atoms with Gasteiger partial charge in [-0.25, -0.2) is 0 Å². The van der Waals surface area contributed by atoms with E-state index in [2.05, 4.69) is 4.98 Å². The second-order valence-corrected chi connectivity index (χ2v) is 4.96. The highest BCUT2D eigenvalue weighted by atomic mass is 16.2. The van der Waals surface area contributed by atoms with Gasteiger partial charge in [0.1, 0.15) is 5.69 Å². The topological polar surface area (TPSA) is 73.5 Å². The van der Waals surface area contributed by atoms with Crippen molar-refractivity contribution >= 4 is 11.8 Å². The van der Waals surface area contributed by atoms with Crippen molar-refractivity contribution in [2.45, 2.75) is 18.9 Å². The lowest BCUT2D eigenvalue weighted by molar-refractivity contribution is -0.130. The van der Waals surface area contributed by atoms with Crippen LogP contribution in [0.2, 0.25) is 0 Å². The van der Waals surface area contributed by atoms with Gasteiger partial charge in [0, 0.05) is 38.2 Å². The number of hydrogen-bond acceptors (Lipinski definition) is 3. The first-order valence-corrected chi connectivity index (χ1v) is 6.43. The van der Waals surface area contributed by atoms with Crippen molar-refractivity contribution in [2.75, 3.05) is 19.6 Å². The second kappa shape index (κ2) is 4.53. The standard InChI is InChI=1S/C13H15N3O3/c17-11-3-1-2-10(14-11)13(19)15-6-7-16-9(8-15)4-5-12(16)18/h1-3,9H,4-8H2,(H,14,17). The number of rotatable bonds is 1. The van der Waals surface area contributed by atoms with Gasteiger partial charge in [0.25, 0.3) is 5.91 Å². The highest BCUT2D eigenvalue weighted by Crippen LogP contribution is 2.23. The fraction of sp³-hybridized carbons (Fsp3) is 0.462. The van der Waals surface area contributed by atoms with Crippen LogP contribution in [-0.2, 0) is 4.79 Å². The van der Waals surface area contributed by atoms with Crippen LogP contribution in [0.3, 0.4) is 0 Å². The Labute approximate surface area is 110 Å². The first-order chi connectivity index (χ1) is 9.15. The molecule has 3 rings (SSSR count). The number of aromatic nitrogens is 1. The third-order valence-corrected chi connectivity index (χ3v) is 3.78. The van der Waals surface area contributed by atoms with Gasteiger partial charge in [-0.1, -0.05) is 6.07 Å². The van der Waals surface area contributed by atoms with E-state index in [9.17, 15) is 14.4 Å². The SMILES string of the molecule is O=C(c1cccc(=O)[nH]1)N1CCN2C(=O)CCC2C1. The molecule has 0 radical (unpaired) electrons. The van der Waals surface area contributed by atoms with E-state index in [1.165, 1.54) is 6.07 Å². The first-order valence-electron chi connectivity index (χ1n) is 6.43. The Morgan fingerprint density at radius 2 is 2.11 bits per heavy atom. The predicted molar refractivity (Wildman–Crippen MR) is 67.7 cm³/mol. The number of amides is 2. The Morgan fingerprint density at radius 3 is 2.89 bits per heavy atom. The summed E-state index contributed by atoms with van der Waals surface area (Å²) in [5, 5.41) is 0. The molecule has 1 N–H and O–H groups in total. The van der Waals surface area contributed by atoms with Crippen molar-refractivity contribution in [3.05, 3.63) is 34.2 Å². The average Bonchev–Trinajstić information content (AvgIpc) is 2.79. The van der Waals surface area contributed by atoms with Crippen LogP contribution in [0.15, 0.2) is 23.0 Å². The smallest absolute Gasteiger partial charge is 0.270 e. The minimum absolute atomic E-state index is 0.139. The normalized spacial score (nSPS) is 22.5. The lowest BCUT2D eigenvalue weighted by Gasteiger charge is -2.37. The zero-order chi connectivity index (χ0) is 13.4. The van der Waals surface area contributed by atoms with E-state index < -0.39 is 0 Å². The summed E-state index contributed by atoms with van der Waals surface area (Å²) in [6.07, 6.45) is 1.39. The molecule has 2 fully saturated rings. The molecule has 2 amide bonds. The van der Waals surface area contributed by atoms with Gasteiger partial charge in [0.2, 0.25) is 11.5 Å². The summed E-state index contributed by atoms with van der Waals surface area (Å²) in [4.78, 5) is 41.2. The lowest BCUT2D eigenvalue weighted by atomic mass is 10.1. The van der Waals surface area contributed by atoms with Gasteiger partial charge in [-0.05, 0) is 12.5 Å². The van der Waals surface area contributed by atoms with Crippen LogP contribution in [0.5, 0.6) is 0 Å². The second-order valence-electron chi connectivity index (χ2n) is 4.96. The third-order valence-electron chi connectivity index (χ3n) is 3.78. The molecule has 1 atom stereocenters. The molecular weight excluding hydrogens is 246 g/mol. The Kier molecular flexibility index (Phi) is 2.85. The van der Waals surface area contributed by atoms with Crippen molar-refractivity contribution < 1.29 is 9.59 Å². The zero-order valence-corrected chi connectivity index (χ0v) is 10.5. The zero-order valence-electron chi connectivity index (χ0n) is 10.5. The lowest BCUT2D eigenvalue weighted by Crippen LogP contribution is -2.53. The highest BCUT2D eigenvalue weighted by Gasteiger charge is 2.37. The Bertz CT molecular complexity index is 580. The van der Waals surface area contributed by atoms with Gasteiger partial charge >= 0.3 is 0 Å². The van der Waals surface area contributed by atoms with Crippen molar-refractivity contribution in [1.82, 2.24) is 14.8 Å². The molecule has 100 valence electrons. The largest absolute Gasteiger partial charge is 0.336 e. The molecule has 3 heterocycles. The summed E-state index contributed by atoms with van der Waals surface area (Å²) in [5.74, 6) is 0.0157. The van der Waals surface area contributed by atoms with Gasteiger partial charge in [0.05, 0.1) is 0 Å². The van der Waals surface area contributed by atoms with Gasteiger partial charge in [-0.2, -0.15) is 0 Å². The van der Waals surface area contributed by atoms with Crippen LogP contribution in [0.4, 0.5) is 0 Å². The summed E-state index contributed by atoms with van der Waals surface area (Å²) in [7, 11) is 0. The Hall–Kier alpha value is -2.11. The van der Waals surface area contributed by atoms with E-state index in [0.29, 0.717) is 31.7 Å². The van der Waals surface area contributed by atoms with Gasteiger partial charge in [0.15, 0.2) is 0 Å². The van der Waals surface area contributed by atoms with Gasteiger partial charge in [-0.3, -0.25) is 14.4 Å². The number of nitrogens with one attached hydrogen (secondary N) is 1. The van der Waals surface area contributed by atoms with Crippen molar-refractivity contribution in [2.24, 2.45) is 0 Å². The maximum absolute atomic E-state index is 12.3. The summed E-state index contributed by atoms with van der Waals surface area (Å²) < 4.78 is 0. The molecule has 0 spiro atoms. The molecule has 19 heavy (non-hydrogen) atoms. The van der Waals surface area contributed by atoms with E-state index in [-0.39, 0.29) is 23.4 Å². The first kappa shape index (κ1) is 12.0. The Balaban J connectivity index is 1.75. The summed E-state index contributed by atoms with van der Waals surface area (Å²) in [6.45, 7) is 1.67. The van der Waals surface area contributed by atoms with Crippen LogP contribution >= 0.6 is 0 Å². The molecule has 1 unspecified atom stereocenters. The van der Waals surface area contributed by atoms with Crippen molar-refractivity contribution in [1.29, 1.82) is 0 Å². The molecule has 0 aliphatic carbocycles. The molecule has 2 saturated heterocycles. The molecular formula is C13H15N3O3. The molecule has 2 aliphatic rings. The number of carbonyl (C=O) groups excluding carboxylic acids is 2. The van der Waals surface area contributed by atoms with Gasteiger partial charge < -0.3 is 14.8 Å². The molecule has 2 aliphatic heterocycles. The highest BCUT2D eigenvalue weighted by molar-refractivity contribution is 5.92. The number of aromatic amines is 1. The minimum Gasteiger partial charge on any atom is -0.336 e. The van der Waals surface area contributed by atoms with E-state index in [1.54, 1.807) is 17.0 Å². The van der Waals surface area contributed by atoms with Crippen LogP contribution in [0.25, 0.3) is 0 Å². The molecule has 1 aromatic heterocycles. The predicted octanol–water partition coefficient (Wildman–Crippen LogP) is -0.178. The third kappa shape index (κ3) is 2.14. The van der Waals surface area contributed by atoms with Crippen molar-refractivity contribution in [3.8, 4) is 0 Å². The maximum atomic E-state index is 12.3. The van der Waals surface area contributed by atoms with Crippen LogP contribution in [0, 0.1) is 0 Å². The summed E-state index contributed by atoms with van der Waals surface area (Å²) in [5.41, 5.74) is 0.0332. The molecule has 1 aromatic rings. The fourth-order valence-corrected chi connectivity index (χ4v) is 2.79. The van der Waals surface area contributed by atoms with E-state index in [0.717, 1.165) is 6.42 Å². The summed E-state index contributed by atoms with van der Waals surface area (Å²) in [6, 6.07) is 4.70. The number of nitrogens with zero attached hydrogens (tertiary/aromatic N) is 2.